The van der Waals surface area contributed by atoms with Crippen molar-refractivity contribution in [3.8, 4) is 0 Å². The molecule has 1 aromatic heterocycles. The van der Waals surface area contributed by atoms with Crippen LogP contribution in [0.3, 0.4) is 0 Å². The average Bonchev–Trinajstić information content (AvgIpc) is 2.90. The summed E-state index contributed by atoms with van der Waals surface area (Å²) < 4.78 is 0. The summed E-state index contributed by atoms with van der Waals surface area (Å²) in [5.74, 6) is 3.35. The molecule has 1 aliphatic rings. The van der Waals surface area contributed by atoms with Gasteiger partial charge in [0.1, 0.15) is 0 Å². The van der Waals surface area contributed by atoms with Crippen LogP contribution in [0.1, 0.15) is 17.8 Å². The minimum absolute atomic E-state index is 0. The zero-order valence-electron chi connectivity index (χ0n) is 10.4. The van der Waals surface area contributed by atoms with E-state index in [4.69, 9.17) is 5.73 Å². The molecule has 1 aliphatic heterocycles. The first-order chi connectivity index (χ1) is 8.27. The fourth-order valence-corrected chi connectivity index (χ4v) is 3.27. The normalized spacial score (nSPS) is 18.3. The SMILES string of the molecule is CC(CN=C(N)N1CCSCC1)c1nccs1.I. The van der Waals surface area contributed by atoms with Gasteiger partial charge >= 0.3 is 0 Å². The number of hydrogen-bond donors (Lipinski definition) is 1. The molecular weight excluding hydrogens is 379 g/mol. The van der Waals surface area contributed by atoms with Gasteiger partial charge in [-0.25, -0.2) is 4.98 Å². The van der Waals surface area contributed by atoms with Gasteiger partial charge in [-0.2, -0.15) is 11.8 Å². The van der Waals surface area contributed by atoms with Crippen LogP contribution >= 0.6 is 47.1 Å². The van der Waals surface area contributed by atoms with E-state index in [0.29, 0.717) is 11.9 Å². The summed E-state index contributed by atoms with van der Waals surface area (Å²) in [5.41, 5.74) is 6.00. The number of aromatic nitrogens is 1. The molecule has 0 spiro atoms. The van der Waals surface area contributed by atoms with Gasteiger partial charge in [-0.3, -0.25) is 4.99 Å². The number of guanidine groups is 1. The molecule has 7 heteroatoms. The van der Waals surface area contributed by atoms with Gasteiger partial charge in [-0.15, -0.1) is 35.3 Å². The lowest BCUT2D eigenvalue weighted by atomic mass is 10.2. The first-order valence-corrected chi connectivity index (χ1v) is 7.83. The number of halogens is 1. The Morgan fingerprint density at radius 2 is 2.28 bits per heavy atom. The van der Waals surface area contributed by atoms with Crippen molar-refractivity contribution in [2.24, 2.45) is 10.7 Å². The third-order valence-electron chi connectivity index (χ3n) is 2.74. The summed E-state index contributed by atoms with van der Waals surface area (Å²) in [7, 11) is 0. The van der Waals surface area contributed by atoms with Crippen LogP contribution in [0.2, 0.25) is 0 Å². The maximum Gasteiger partial charge on any atom is 0.191 e. The number of nitrogens with zero attached hydrogens (tertiary/aromatic N) is 3. The lowest BCUT2D eigenvalue weighted by molar-refractivity contribution is 0.455. The van der Waals surface area contributed by atoms with E-state index >= 15 is 0 Å². The molecule has 18 heavy (non-hydrogen) atoms. The molecule has 0 aromatic carbocycles. The molecule has 1 fully saturated rings. The lowest BCUT2D eigenvalue weighted by Crippen LogP contribution is -2.42. The van der Waals surface area contributed by atoms with Crippen LogP contribution in [0.5, 0.6) is 0 Å². The van der Waals surface area contributed by atoms with Crippen LogP contribution in [-0.4, -0.2) is 47.0 Å². The highest BCUT2D eigenvalue weighted by molar-refractivity contribution is 14.0. The molecule has 1 aromatic rings. The van der Waals surface area contributed by atoms with Crippen LogP contribution in [-0.2, 0) is 0 Å². The lowest BCUT2D eigenvalue weighted by Gasteiger charge is -2.27. The maximum atomic E-state index is 6.00. The Kier molecular flexibility index (Phi) is 7.31. The van der Waals surface area contributed by atoms with Crippen LogP contribution in [0, 0.1) is 0 Å². The number of rotatable bonds is 3. The summed E-state index contributed by atoms with van der Waals surface area (Å²) in [6.07, 6.45) is 1.84. The number of hydrogen-bond acceptors (Lipinski definition) is 4. The number of aliphatic imine (C=N–C) groups is 1. The maximum absolute atomic E-state index is 6.00. The third kappa shape index (κ3) is 4.58. The molecule has 1 atom stereocenters. The molecule has 2 N–H and O–H groups in total. The fourth-order valence-electron chi connectivity index (χ4n) is 1.68. The van der Waals surface area contributed by atoms with Crippen molar-refractivity contribution >= 4 is 53.0 Å². The van der Waals surface area contributed by atoms with E-state index < -0.39 is 0 Å². The topological polar surface area (TPSA) is 54.5 Å². The van der Waals surface area contributed by atoms with Crippen molar-refractivity contribution in [2.75, 3.05) is 31.1 Å². The molecule has 4 nitrogen and oxygen atoms in total. The van der Waals surface area contributed by atoms with Crippen LogP contribution in [0.4, 0.5) is 0 Å². The van der Waals surface area contributed by atoms with E-state index in [1.165, 1.54) is 0 Å². The third-order valence-corrected chi connectivity index (χ3v) is 4.68. The van der Waals surface area contributed by atoms with E-state index in [-0.39, 0.29) is 24.0 Å². The highest BCUT2D eigenvalue weighted by Crippen LogP contribution is 2.17. The average molecular weight is 398 g/mol. The molecule has 0 radical (unpaired) electrons. The van der Waals surface area contributed by atoms with Crippen molar-refractivity contribution in [1.82, 2.24) is 9.88 Å². The second-order valence-corrected chi connectivity index (χ2v) is 6.22. The van der Waals surface area contributed by atoms with E-state index in [1.807, 2.05) is 23.3 Å². The van der Waals surface area contributed by atoms with Crippen LogP contribution < -0.4 is 5.73 Å². The highest BCUT2D eigenvalue weighted by atomic mass is 127. The summed E-state index contributed by atoms with van der Waals surface area (Å²) in [5, 5.41) is 3.14. The molecular formula is C11H19IN4S2. The van der Waals surface area contributed by atoms with E-state index in [2.05, 4.69) is 21.8 Å². The second-order valence-electron chi connectivity index (χ2n) is 4.07. The van der Waals surface area contributed by atoms with Crippen LogP contribution in [0.25, 0.3) is 0 Å². The van der Waals surface area contributed by atoms with Crippen molar-refractivity contribution in [1.29, 1.82) is 0 Å². The molecule has 2 heterocycles. The summed E-state index contributed by atoms with van der Waals surface area (Å²) in [4.78, 5) is 11.0. The molecule has 2 rings (SSSR count). The zero-order chi connectivity index (χ0) is 12.1. The van der Waals surface area contributed by atoms with Gasteiger partial charge in [0.05, 0.1) is 11.6 Å². The minimum Gasteiger partial charge on any atom is -0.370 e. The zero-order valence-corrected chi connectivity index (χ0v) is 14.4. The quantitative estimate of drug-likeness (QED) is 0.482. The highest BCUT2D eigenvalue weighted by Gasteiger charge is 2.13. The molecule has 0 aliphatic carbocycles. The smallest absolute Gasteiger partial charge is 0.191 e. The van der Waals surface area contributed by atoms with Gasteiger partial charge in [0.2, 0.25) is 0 Å². The molecule has 102 valence electrons. The van der Waals surface area contributed by atoms with Crippen molar-refractivity contribution < 1.29 is 0 Å². The predicted molar refractivity (Wildman–Crippen MR) is 91.3 cm³/mol. The fraction of sp³-hybridized carbons (Fsp3) is 0.636. The van der Waals surface area contributed by atoms with E-state index in [9.17, 15) is 0 Å². The summed E-state index contributed by atoms with van der Waals surface area (Å²) >= 11 is 3.66. The largest absolute Gasteiger partial charge is 0.370 e. The Balaban J connectivity index is 0.00000162. The van der Waals surface area contributed by atoms with Crippen LogP contribution in [0.15, 0.2) is 16.6 Å². The van der Waals surface area contributed by atoms with Crippen molar-refractivity contribution in [3.63, 3.8) is 0 Å². The molecule has 1 saturated heterocycles. The monoisotopic (exact) mass is 398 g/mol. The van der Waals surface area contributed by atoms with Crippen molar-refractivity contribution in [2.45, 2.75) is 12.8 Å². The molecule has 1 unspecified atom stereocenters. The first-order valence-electron chi connectivity index (χ1n) is 5.79. The Labute approximate surface area is 133 Å². The van der Waals surface area contributed by atoms with Crippen molar-refractivity contribution in [3.05, 3.63) is 16.6 Å². The Morgan fingerprint density at radius 1 is 1.56 bits per heavy atom. The summed E-state index contributed by atoms with van der Waals surface area (Å²) in [6, 6.07) is 0. The van der Waals surface area contributed by atoms with E-state index in [1.54, 1.807) is 11.3 Å². The summed E-state index contributed by atoms with van der Waals surface area (Å²) in [6.45, 7) is 4.90. The van der Waals surface area contributed by atoms with Gasteiger partial charge in [0.25, 0.3) is 0 Å². The van der Waals surface area contributed by atoms with Gasteiger partial charge in [0.15, 0.2) is 5.96 Å². The van der Waals surface area contributed by atoms with Gasteiger partial charge in [-0.05, 0) is 0 Å². The number of thiazole rings is 1. The molecule has 0 saturated carbocycles. The standard InChI is InChI=1S/C11H18N4S2.HI/c1-9(10-13-2-5-17-10)8-14-11(12)15-3-6-16-7-4-15;/h2,5,9H,3-4,6-8H2,1H3,(H2,12,14);1H. The predicted octanol–water partition coefficient (Wildman–Crippen LogP) is 2.23. The number of nitrogens with two attached hydrogens (primary N) is 1. The molecule has 0 amide bonds. The molecule has 0 bridgehead atoms. The first kappa shape index (κ1) is 16.0. The minimum atomic E-state index is 0. The Morgan fingerprint density at radius 3 is 2.89 bits per heavy atom. The van der Waals surface area contributed by atoms with E-state index in [0.717, 1.165) is 36.1 Å². The Bertz CT molecular complexity index is 363. The number of thioether (sulfide) groups is 1. The van der Waals surface area contributed by atoms with Gasteiger partial charge in [0, 0.05) is 42.1 Å². The Hall–Kier alpha value is -0.0200. The van der Waals surface area contributed by atoms with Gasteiger partial charge < -0.3 is 10.6 Å². The second kappa shape index (κ2) is 8.21. The van der Waals surface area contributed by atoms with Gasteiger partial charge in [-0.1, -0.05) is 6.92 Å².